The second-order valence-corrected chi connectivity index (χ2v) is 3.84. The Kier molecular flexibility index (Phi) is 2.99. The molecule has 1 aromatic rings. The van der Waals surface area contributed by atoms with Gasteiger partial charge in [0.2, 0.25) is 0 Å². The Morgan fingerprint density at radius 2 is 2.18 bits per heavy atom. The van der Waals surface area contributed by atoms with Gasteiger partial charge in [-0.25, -0.2) is 4.79 Å². The van der Waals surface area contributed by atoms with Crippen LogP contribution in [0, 0.1) is 0 Å². The highest BCUT2D eigenvalue weighted by Gasteiger charge is 2.18. The van der Waals surface area contributed by atoms with Crippen molar-refractivity contribution in [2.45, 2.75) is 13.3 Å². The van der Waals surface area contributed by atoms with Gasteiger partial charge in [-0.3, -0.25) is 5.43 Å². The maximum Gasteiger partial charge on any atom is 0.337 e. The zero-order valence-corrected chi connectivity index (χ0v) is 10.0. The van der Waals surface area contributed by atoms with Crippen molar-refractivity contribution in [3.05, 3.63) is 23.3 Å². The van der Waals surface area contributed by atoms with Crippen LogP contribution in [0.25, 0.3) is 0 Å². The average Bonchev–Trinajstić information content (AvgIpc) is 2.35. The quantitative estimate of drug-likeness (QED) is 0.793. The van der Waals surface area contributed by atoms with Crippen LogP contribution in [-0.4, -0.2) is 25.9 Å². The van der Waals surface area contributed by atoms with Crippen LogP contribution >= 0.6 is 0 Å². The molecule has 1 N–H and O–H groups in total. The summed E-state index contributed by atoms with van der Waals surface area (Å²) in [6.45, 7) is 1.92. The second-order valence-electron chi connectivity index (χ2n) is 3.84. The maximum atomic E-state index is 11.5. The van der Waals surface area contributed by atoms with E-state index in [4.69, 9.17) is 9.47 Å². The minimum Gasteiger partial charge on any atom is -0.494 e. The lowest BCUT2D eigenvalue weighted by Gasteiger charge is -2.19. The van der Waals surface area contributed by atoms with Gasteiger partial charge in [0, 0.05) is 12.1 Å². The number of esters is 1. The molecule has 1 heterocycles. The molecule has 0 saturated carbocycles. The van der Waals surface area contributed by atoms with Gasteiger partial charge in [-0.05, 0) is 24.6 Å². The summed E-state index contributed by atoms with van der Waals surface area (Å²) in [6.07, 6.45) is 0.698. The molecule has 17 heavy (non-hydrogen) atoms. The van der Waals surface area contributed by atoms with Crippen molar-refractivity contribution >= 4 is 17.4 Å². The first-order valence-corrected chi connectivity index (χ1v) is 5.24. The lowest BCUT2D eigenvalue weighted by molar-refractivity contribution is 0.0600. The van der Waals surface area contributed by atoms with E-state index in [1.807, 2.05) is 6.92 Å². The molecule has 5 nitrogen and oxygen atoms in total. The number of hydrogen-bond donors (Lipinski definition) is 1. The fraction of sp³-hybridized carbons (Fsp3) is 0.333. The summed E-state index contributed by atoms with van der Waals surface area (Å²) in [4.78, 5) is 11.5. The van der Waals surface area contributed by atoms with Crippen LogP contribution in [0.5, 0.6) is 5.75 Å². The van der Waals surface area contributed by atoms with Crippen molar-refractivity contribution < 1.29 is 14.3 Å². The SMILES string of the molecule is COC(=O)c1cc2c(c(OC)c1)NN=C(C)C2. The molecule has 1 aliphatic heterocycles. The molecule has 0 aromatic heterocycles. The number of nitrogens with zero attached hydrogens (tertiary/aromatic N) is 1. The predicted molar refractivity (Wildman–Crippen MR) is 64.8 cm³/mol. The van der Waals surface area contributed by atoms with Crippen molar-refractivity contribution in [1.29, 1.82) is 0 Å². The molecular weight excluding hydrogens is 220 g/mol. The van der Waals surface area contributed by atoms with Gasteiger partial charge in [0.05, 0.1) is 19.8 Å². The Balaban J connectivity index is 2.49. The molecular formula is C12H14N2O3. The Morgan fingerprint density at radius 3 is 2.82 bits per heavy atom. The smallest absolute Gasteiger partial charge is 0.337 e. The van der Waals surface area contributed by atoms with Crippen LogP contribution in [-0.2, 0) is 11.2 Å². The summed E-state index contributed by atoms with van der Waals surface area (Å²) in [7, 11) is 2.92. The molecule has 0 bridgehead atoms. The molecule has 0 aliphatic carbocycles. The number of hydrogen-bond acceptors (Lipinski definition) is 5. The second kappa shape index (κ2) is 4.45. The Morgan fingerprint density at radius 1 is 1.41 bits per heavy atom. The van der Waals surface area contributed by atoms with Crippen LogP contribution in [0.15, 0.2) is 17.2 Å². The van der Waals surface area contributed by atoms with Gasteiger partial charge in [0.1, 0.15) is 11.4 Å². The Bertz CT molecular complexity index is 495. The van der Waals surface area contributed by atoms with Crippen LogP contribution in [0.3, 0.4) is 0 Å². The van der Waals surface area contributed by atoms with Gasteiger partial charge in [-0.2, -0.15) is 5.10 Å². The van der Waals surface area contributed by atoms with Gasteiger partial charge < -0.3 is 9.47 Å². The molecule has 1 aliphatic rings. The van der Waals surface area contributed by atoms with Crippen molar-refractivity contribution in [2.75, 3.05) is 19.6 Å². The van der Waals surface area contributed by atoms with Crippen molar-refractivity contribution in [1.82, 2.24) is 0 Å². The van der Waals surface area contributed by atoms with Crippen molar-refractivity contribution in [3.63, 3.8) is 0 Å². The van der Waals surface area contributed by atoms with Gasteiger partial charge >= 0.3 is 5.97 Å². The number of carbonyl (C=O) groups excluding carboxylic acids is 1. The monoisotopic (exact) mass is 234 g/mol. The molecule has 2 rings (SSSR count). The topological polar surface area (TPSA) is 59.9 Å². The third kappa shape index (κ3) is 2.08. The van der Waals surface area contributed by atoms with E-state index in [-0.39, 0.29) is 5.97 Å². The normalized spacial score (nSPS) is 13.2. The highest BCUT2D eigenvalue weighted by atomic mass is 16.5. The fourth-order valence-corrected chi connectivity index (χ4v) is 1.80. The van der Waals surface area contributed by atoms with Crippen molar-refractivity contribution in [2.24, 2.45) is 5.10 Å². The van der Waals surface area contributed by atoms with E-state index in [1.165, 1.54) is 7.11 Å². The fourth-order valence-electron chi connectivity index (χ4n) is 1.80. The summed E-state index contributed by atoms with van der Waals surface area (Å²) in [5.41, 5.74) is 6.17. The standard InChI is InChI=1S/C12H14N2O3/c1-7-4-8-5-9(12(15)17-3)6-10(16-2)11(8)14-13-7/h5-6,14H,4H2,1-3H3. The van der Waals surface area contributed by atoms with Gasteiger partial charge in [-0.15, -0.1) is 0 Å². The number of rotatable bonds is 2. The summed E-state index contributed by atoms with van der Waals surface area (Å²) in [6, 6.07) is 3.45. The van der Waals surface area contributed by atoms with Crippen LogP contribution in [0.1, 0.15) is 22.8 Å². The number of anilines is 1. The van der Waals surface area contributed by atoms with E-state index in [9.17, 15) is 4.79 Å². The summed E-state index contributed by atoms with van der Waals surface area (Å²) in [5.74, 6) is 0.227. The molecule has 0 atom stereocenters. The molecule has 0 amide bonds. The lowest BCUT2D eigenvalue weighted by Crippen LogP contribution is -2.13. The lowest BCUT2D eigenvalue weighted by atomic mass is 10.0. The number of methoxy groups -OCH3 is 2. The molecule has 0 saturated heterocycles. The minimum absolute atomic E-state index is 0.369. The summed E-state index contributed by atoms with van der Waals surface area (Å²) in [5, 5.41) is 4.14. The summed E-state index contributed by atoms with van der Waals surface area (Å²) >= 11 is 0. The van der Waals surface area contributed by atoms with E-state index >= 15 is 0 Å². The van der Waals surface area contributed by atoms with E-state index in [1.54, 1.807) is 19.2 Å². The predicted octanol–water partition coefficient (Wildman–Crippen LogP) is 1.83. The molecule has 0 fully saturated rings. The van der Waals surface area contributed by atoms with Crippen molar-refractivity contribution in [3.8, 4) is 5.75 Å². The molecule has 0 unspecified atom stereocenters. The minimum atomic E-state index is -0.369. The van der Waals surface area contributed by atoms with Crippen LogP contribution in [0.4, 0.5) is 5.69 Å². The third-order valence-corrected chi connectivity index (χ3v) is 2.63. The maximum absolute atomic E-state index is 11.5. The number of carbonyl (C=O) groups is 1. The summed E-state index contributed by atoms with van der Waals surface area (Å²) < 4.78 is 9.95. The zero-order chi connectivity index (χ0) is 12.4. The zero-order valence-electron chi connectivity index (χ0n) is 10.0. The molecule has 0 spiro atoms. The molecule has 1 aromatic carbocycles. The Labute approximate surface area is 99.4 Å². The molecule has 0 radical (unpaired) electrons. The number of nitrogens with one attached hydrogen (secondary N) is 1. The van der Waals surface area contributed by atoms with E-state index in [0.717, 1.165) is 17.0 Å². The van der Waals surface area contributed by atoms with Crippen LogP contribution < -0.4 is 10.2 Å². The number of hydrazone groups is 1. The first-order chi connectivity index (χ1) is 8.15. The number of benzene rings is 1. The average molecular weight is 234 g/mol. The molecule has 5 heteroatoms. The molecule has 90 valence electrons. The highest BCUT2D eigenvalue weighted by molar-refractivity contribution is 5.94. The third-order valence-electron chi connectivity index (χ3n) is 2.63. The van der Waals surface area contributed by atoms with Gasteiger partial charge in [-0.1, -0.05) is 0 Å². The van der Waals surface area contributed by atoms with Gasteiger partial charge in [0.15, 0.2) is 0 Å². The van der Waals surface area contributed by atoms with Gasteiger partial charge in [0.25, 0.3) is 0 Å². The van der Waals surface area contributed by atoms with Crippen LogP contribution in [0.2, 0.25) is 0 Å². The van der Waals surface area contributed by atoms with E-state index in [0.29, 0.717) is 17.7 Å². The van der Waals surface area contributed by atoms with E-state index in [2.05, 4.69) is 10.5 Å². The number of fused-ring (bicyclic) bond motifs is 1. The number of ether oxygens (including phenoxy) is 2. The highest BCUT2D eigenvalue weighted by Crippen LogP contribution is 2.33. The largest absolute Gasteiger partial charge is 0.494 e. The van der Waals surface area contributed by atoms with E-state index < -0.39 is 0 Å². The first-order valence-electron chi connectivity index (χ1n) is 5.24. The Hall–Kier alpha value is -2.04. The first kappa shape index (κ1) is 11.4.